The van der Waals surface area contributed by atoms with Crippen molar-refractivity contribution in [2.24, 2.45) is 4.99 Å². The molecule has 5 nitrogen and oxygen atoms in total. The maximum absolute atomic E-state index is 5.58. The van der Waals surface area contributed by atoms with Gasteiger partial charge in [0.25, 0.3) is 0 Å². The highest BCUT2D eigenvalue weighted by atomic mass is 127. The third-order valence-electron chi connectivity index (χ3n) is 4.90. The van der Waals surface area contributed by atoms with E-state index in [-0.39, 0.29) is 24.0 Å². The standard InChI is InChI=1S/C22H30N4O.HI/c1-3-27-17-19-10-8-7-9-18(19)15-24-22(23-2)25-20-13-14-26(16-20)21-11-5-4-6-12-21;/h4-12,20H,3,13-17H2,1-2H3,(H2,23,24,25);1H. The molecule has 3 rings (SSSR count). The van der Waals surface area contributed by atoms with Gasteiger partial charge in [0.05, 0.1) is 6.61 Å². The van der Waals surface area contributed by atoms with Gasteiger partial charge in [0.1, 0.15) is 0 Å². The summed E-state index contributed by atoms with van der Waals surface area (Å²) in [4.78, 5) is 6.82. The zero-order valence-electron chi connectivity index (χ0n) is 16.7. The zero-order chi connectivity index (χ0) is 18.9. The van der Waals surface area contributed by atoms with E-state index in [9.17, 15) is 0 Å². The smallest absolute Gasteiger partial charge is 0.191 e. The number of guanidine groups is 1. The minimum atomic E-state index is 0. The second-order valence-electron chi connectivity index (χ2n) is 6.74. The topological polar surface area (TPSA) is 48.9 Å². The first kappa shape index (κ1) is 22.5. The van der Waals surface area contributed by atoms with Gasteiger partial charge in [-0.1, -0.05) is 42.5 Å². The van der Waals surface area contributed by atoms with Gasteiger partial charge in [-0.3, -0.25) is 4.99 Å². The molecule has 0 amide bonds. The zero-order valence-corrected chi connectivity index (χ0v) is 19.1. The van der Waals surface area contributed by atoms with Crippen molar-refractivity contribution >= 4 is 35.6 Å². The average Bonchev–Trinajstić information content (AvgIpc) is 3.19. The molecule has 1 unspecified atom stereocenters. The Hall–Kier alpha value is -1.80. The summed E-state index contributed by atoms with van der Waals surface area (Å²) in [5.74, 6) is 0.848. The van der Waals surface area contributed by atoms with Crippen LogP contribution in [0.5, 0.6) is 0 Å². The Morgan fingerprint density at radius 3 is 2.54 bits per heavy atom. The van der Waals surface area contributed by atoms with Crippen molar-refractivity contribution in [3.05, 3.63) is 65.7 Å². The van der Waals surface area contributed by atoms with E-state index in [1.807, 2.05) is 14.0 Å². The summed E-state index contributed by atoms with van der Waals surface area (Å²) in [5, 5.41) is 7.01. The number of halogens is 1. The second-order valence-corrected chi connectivity index (χ2v) is 6.74. The summed E-state index contributed by atoms with van der Waals surface area (Å²) >= 11 is 0. The molecular weight excluding hydrogens is 463 g/mol. The fraction of sp³-hybridized carbons (Fsp3) is 0.409. The minimum Gasteiger partial charge on any atom is -0.377 e. The van der Waals surface area contributed by atoms with Crippen molar-refractivity contribution in [1.29, 1.82) is 0 Å². The Morgan fingerprint density at radius 1 is 1.11 bits per heavy atom. The maximum atomic E-state index is 5.58. The van der Waals surface area contributed by atoms with Crippen LogP contribution < -0.4 is 15.5 Å². The van der Waals surface area contributed by atoms with Crippen LogP contribution in [0.4, 0.5) is 5.69 Å². The molecule has 152 valence electrons. The van der Waals surface area contributed by atoms with E-state index in [1.165, 1.54) is 16.8 Å². The van der Waals surface area contributed by atoms with Crippen LogP contribution in [0.2, 0.25) is 0 Å². The quantitative estimate of drug-likeness (QED) is 0.350. The van der Waals surface area contributed by atoms with Crippen molar-refractivity contribution in [2.75, 3.05) is 31.6 Å². The van der Waals surface area contributed by atoms with Crippen molar-refractivity contribution < 1.29 is 4.74 Å². The number of para-hydroxylation sites is 1. The molecule has 0 aliphatic carbocycles. The van der Waals surface area contributed by atoms with Crippen LogP contribution >= 0.6 is 24.0 Å². The summed E-state index contributed by atoms with van der Waals surface area (Å²) in [7, 11) is 1.82. The predicted octanol–water partition coefficient (Wildman–Crippen LogP) is 3.79. The van der Waals surface area contributed by atoms with Gasteiger partial charge < -0.3 is 20.3 Å². The molecule has 0 spiro atoms. The van der Waals surface area contributed by atoms with Crippen LogP contribution in [0.25, 0.3) is 0 Å². The van der Waals surface area contributed by atoms with Gasteiger partial charge >= 0.3 is 0 Å². The van der Waals surface area contributed by atoms with E-state index < -0.39 is 0 Å². The molecule has 0 saturated carbocycles. The van der Waals surface area contributed by atoms with E-state index in [0.717, 1.165) is 38.6 Å². The predicted molar refractivity (Wildman–Crippen MR) is 128 cm³/mol. The normalized spacial score (nSPS) is 16.6. The van der Waals surface area contributed by atoms with Crippen molar-refractivity contribution in [3.63, 3.8) is 0 Å². The lowest BCUT2D eigenvalue weighted by Crippen LogP contribution is -2.44. The van der Waals surface area contributed by atoms with Gasteiger partial charge in [0.2, 0.25) is 0 Å². The summed E-state index contributed by atoms with van der Waals surface area (Å²) in [5.41, 5.74) is 3.75. The van der Waals surface area contributed by atoms with Crippen molar-refractivity contribution in [2.45, 2.75) is 32.5 Å². The van der Waals surface area contributed by atoms with Gasteiger partial charge in [-0.2, -0.15) is 0 Å². The van der Waals surface area contributed by atoms with Gasteiger partial charge in [-0.25, -0.2) is 0 Å². The number of hydrogen-bond donors (Lipinski definition) is 2. The second kappa shape index (κ2) is 11.9. The van der Waals surface area contributed by atoms with Crippen molar-refractivity contribution in [3.8, 4) is 0 Å². The highest BCUT2D eigenvalue weighted by Crippen LogP contribution is 2.19. The van der Waals surface area contributed by atoms with E-state index in [0.29, 0.717) is 12.6 Å². The molecular formula is C22H31IN4O. The van der Waals surface area contributed by atoms with Gasteiger partial charge in [-0.05, 0) is 36.6 Å². The molecule has 1 aliphatic rings. The Bertz CT molecular complexity index is 738. The molecule has 1 saturated heterocycles. The molecule has 0 aromatic heterocycles. The summed E-state index contributed by atoms with van der Waals surface area (Å²) in [6.45, 7) is 6.19. The summed E-state index contributed by atoms with van der Waals surface area (Å²) in [6, 6.07) is 19.4. The lowest BCUT2D eigenvalue weighted by Gasteiger charge is -2.20. The van der Waals surface area contributed by atoms with Gasteiger partial charge in [0.15, 0.2) is 5.96 Å². The largest absolute Gasteiger partial charge is 0.377 e. The molecule has 2 N–H and O–H groups in total. The van der Waals surface area contributed by atoms with Crippen LogP contribution in [-0.2, 0) is 17.9 Å². The Kier molecular flexibility index (Phi) is 9.57. The third-order valence-corrected chi connectivity index (χ3v) is 4.90. The molecule has 2 aromatic carbocycles. The van der Waals surface area contributed by atoms with E-state index in [1.54, 1.807) is 0 Å². The SMILES string of the molecule is CCOCc1ccccc1CNC(=NC)NC1CCN(c2ccccc2)C1.I. The highest BCUT2D eigenvalue weighted by Gasteiger charge is 2.23. The molecule has 28 heavy (non-hydrogen) atoms. The van der Waals surface area contributed by atoms with Gasteiger partial charge in [0, 0.05) is 45.0 Å². The van der Waals surface area contributed by atoms with E-state index in [4.69, 9.17) is 4.74 Å². The van der Waals surface area contributed by atoms with E-state index >= 15 is 0 Å². The Morgan fingerprint density at radius 2 is 1.82 bits per heavy atom. The van der Waals surface area contributed by atoms with Crippen LogP contribution in [0, 0.1) is 0 Å². The molecule has 1 aliphatic heterocycles. The number of nitrogens with zero attached hydrogens (tertiary/aromatic N) is 2. The summed E-state index contributed by atoms with van der Waals surface area (Å²) in [6.07, 6.45) is 1.11. The maximum Gasteiger partial charge on any atom is 0.191 e. The first-order valence-electron chi connectivity index (χ1n) is 9.72. The fourth-order valence-corrected chi connectivity index (χ4v) is 3.40. The third kappa shape index (κ3) is 6.38. The molecule has 6 heteroatoms. The van der Waals surface area contributed by atoms with Crippen LogP contribution in [0.1, 0.15) is 24.5 Å². The number of hydrogen-bond acceptors (Lipinski definition) is 3. The van der Waals surface area contributed by atoms with Crippen molar-refractivity contribution in [1.82, 2.24) is 10.6 Å². The fourth-order valence-electron chi connectivity index (χ4n) is 3.40. The number of rotatable bonds is 7. The lowest BCUT2D eigenvalue weighted by atomic mass is 10.1. The first-order chi connectivity index (χ1) is 13.3. The molecule has 0 bridgehead atoms. The number of nitrogens with one attached hydrogen (secondary N) is 2. The molecule has 1 atom stereocenters. The molecule has 1 heterocycles. The van der Waals surface area contributed by atoms with Crippen LogP contribution in [-0.4, -0.2) is 38.7 Å². The first-order valence-corrected chi connectivity index (χ1v) is 9.72. The molecule has 2 aromatic rings. The van der Waals surface area contributed by atoms with Crippen LogP contribution in [0.15, 0.2) is 59.6 Å². The number of anilines is 1. The van der Waals surface area contributed by atoms with E-state index in [2.05, 4.69) is 75.1 Å². The molecule has 1 fully saturated rings. The van der Waals surface area contributed by atoms with Crippen LogP contribution in [0.3, 0.4) is 0 Å². The average molecular weight is 494 g/mol. The molecule has 0 radical (unpaired) electrons. The summed E-state index contributed by atoms with van der Waals surface area (Å²) < 4.78 is 5.58. The number of aliphatic imine (C=N–C) groups is 1. The number of ether oxygens (including phenoxy) is 1. The van der Waals surface area contributed by atoms with Gasteiger partial charge in [-0.15, -0.1) is 24.0 Å². The highest BCUT2D eigenvalue weighted by molar-refractivity contribution is 14.0. The minimum absolute atomic E-state index is 0. The Balaban J connectivity index is 0.00000280. The number of benzene rings is 2. The Labute approximate surface area is 185 Å². The monoisotopic (exact) mass is 494 g/mol. The lowest BCUT2D eigenvalue weighted by molar-refractivity contribution is 0.133.